The fourth-order valence-electron chi connectivity index (χ4n) is 2.32. The topological polar surface area (TPSA) is 58.2 Å². The Morgan fingerprint density at radius 2 is 2.11 bits per heavy atom. The molecule has 1 aromatic carbocycles. The third-order valence-electron chi connectivity index (χ3n) is 3.30. The molecule has 2 rings (SSSR count). The highest BCUT2D eigenvalue weighted by molar-refractivity contribution is 7.89. The molecule has 1 saturated heterocycles. The zero-order valence-corrected chi connectivity index (χ0v) is 12.9. The van der Waals surface area contributed by atoms with Gasteiger partial charge in [0.15, 0.2) is 0 Å². The van der Waals surface area contributed by atoms with Crippen LogP contribution in [0.3, 0.4) is 0 Å². The minimum absolute atomic E-state index is 0. The summed E-state index contributed by atoms with van der Waals surface area (Å²) in [6.45, 7) is 5.24. The van der Waals surface area contributed by atoms with Crippen LogP contribution >= 0.6 is 12.4 Å². The van der Waals surface area contributed by atoms with Gasteiger partial charge in [-0.1, -0.05) is 17.7 Å². The van der Waals surface area contributed by atoms with Gasteiger partial charge in [0.05, 0.1) is 4.90 Å². The van der Waals surface area contributed by atoms with Gasteiger partial charge >= 0.3 is 0 Å². The number of sulfonamides is 1. The lowest BCUT2D eigenvalue weighted by atomic mass is 10.2. The number of benzene rings is 1. The molecule has 6 heteroatoms. The molecule has 1 fully saturated rings. The second-order valence-corrected chi connectivity index (χ2v) is 6.65. The van der Waals surface area contributed by atoms with Gasteiger partial charge < -0.3 is 5.32 Å². The third kappa shape index (κ3) is 4.18. The van der Waals surface area contributed by atoms with E-state index in [9.17, 15) is 8.42 Å². The second-order valence-electron chi connectivity index (χ2n) is 4.91. The Morgan fingerprint density at radius 3 is 2.68 bits per heavy atom. The molecule has 1 aliphatic heterocycles. The van der Waals surface area contributed by atoms with Gasteiger partial charge in [0.25, 0.3) is 0 Å². The molecular weight excluding hydrogens is 284 g/mol. The molecule has 0 spiro atoms. The molecule has 0 saturated carbocycles. The molecule has 108 valence electrons. The summed E-state index contributed by atoms with van der Waals surface area (Å²) < 4.78 is 27.1. The van der Waals surface area contributed by atoms with Gasteiger partial charge in [-0.05, 0) is 44.9 Å². The molecule has 2 N–H and O–H groups in total. The van der Waals surface area contributed by atoms with Crippen LogP contribution in [0.25, 0.3) is 0 Å². The molecule has 1 aromatic rings. The van der Waals surface area contributed by atoms with Crippen LogP contribution < -0.4 is 10.0 Å². The fraction of sp³-hybridized carbons (Fsp3) is 0.538. The van der Waals surface area contributed by atoms with Crippen molar-refractivity contribution in [3.63, 3.8) is 0 Å². The number of halogens is 1. The van der Waals surface area contributed by atoms with Gasteiger partial charge in [-0.3, -0.25) is 0 Å². The first-order chi connectivity index (χ1) is 8.49. The van der Waals surface area contributed by atoms with Crippen LogP contribution in [0.15, 0.2) is 23.1 Å². The van der Waals surface area contributed by atoms with Gasteiger partial charge in [0.1, 0.15) is 0 Å². The van der Waals surface area contributed by atoms with E-state index >= 15 is 0 Å². The smallest absolute Gasteiger partial charge is 0.240 e. The van der Waals surface area contributed by atoms with Crippen LogP contribution in [0, 0.1) is 13.8 Å². The predicted molar refractivity (Wildman–Crippen MR) is 79.4 cm³/mol. The Kier molecular flexibility index (Phi) is 5.80. The molecule has 0 radical (unpaired) electrons. The molecule has 1 aliphatic rings. The van der Waals surface area contributed by atoms with Crippen LogP contribution in [0.5, 0.6) is 0 Å². The van der Waals surface area contributed by atoms with Gasteiger partial charge in [-0.2, -0.15) is 0 Å². The summed E-state index contributed by atoms with van der Waals surface area (Å²) >= 11 is 0. The highest BCUT2D eigenvalue weighted by Crippen LogP contribution is 2.16. The van der Waals surface area contributed by atoms with Crippen molar-refractivity contribution in [3.8, 4) is 0 Å². The lowest BCUT2D eigenvalue weighted by molar-refractivity contribution is 0.551. The first-order valence-corrected chi connectivity index (χ1v) is 7.78. The van der Waals surface area contributed by atoms with Gasteiger partial charge in [0.2, 0.25) is 10.0 Å². The summed E-state index contributed by atoms with van der Waals surface area (Å²) in [5, 5.41) is 3.28. The molecular formula is C13H21ClN2O2S. The van der Waals surface area contributed by atoms with Crippen molar-refractivity contribution in [1.29, 1.82) is 0 Å². The summed E-state index contributed by atoms with van der Waals surface area (Å²) in [6.07, 6.45) is 2.16. The highest BCUT2D eigenvalue weighted by atomic mass is 35.5. The van der Waals surface area contributed by atoms with Crippen LogP contribution in [-0.4, -0.2) is 27.5 Å². The molecule has 19 heavy (non-hydrogen) atoms. The zero-order chi connectivity index (χ0) is 13.2. The monoisotopic (exact) mass is 304 g/mol. The van der Waals surface area contributed by atoms with Crippen LogP contribution in [0.2, 0.25) is 0 Å². The molecule has 0 aliphatic carbocycles. The number of hydrogen-bond donors (Lipinski definition) is 2. The molecule has 1 atom stereocenters. The average Bonchev–Trinajstić information content (AvgIpc) is 2.78. The SMILES string of the molecule is Cc1ccc(S(=O)(=O)NCC2CCCN2)c(C)c1.Cl. The summed E-state index contributed by atoms with van der Waals surface area (Å²) in [6, 6.07) is 5.66. The first-order valence-electron chi connectivity index (χ1n) is 6.29. The molecule has 0 aromatic heterocycles. The van der Waals surface area contributed by atoms with Crippen molar-refractivity contribution in [2.24, 2.45) is 0 Å². The van der Waals surface area contributed by atoms with E-state index < -0.39 is 10.0 Å². The molecule has 4 nitrogen and oxygen atoms in total. The molecule has 0 amide bonds. The Labute approximate surface area is 121 Å². The molecule has 1 unspecified atom stereocenters. The Morgan fingerprint density at radius 1 is 1.37 bits per heavy atom. The number of hydrogen-bond acceptors (Lipinski definition) is 3. The van der Waals surface area contributed by atoms with E-state index in [2.05, 4.69) is 10.0 Å². The third-order valence-corrected chi connectivity index (χ3v) is 4.89. The summed E-state index contributed by atoms with van der Waals surface area (Å²) in [5.41, 5.74) is 1.87. The molecule has 1 heterocycles. The van der Waals surface area contributed by atoms with Crippen LogP contribution in [0.1, 0.15) is 24.0 Å². The number of rotatable bonds is 4. The highest BCUT2D eigenvalue weighted by Gasteiger charge is 2.20. The van der Waals surface area contributed by atoms with Crippen molar-refractivity contribution >= 4 is 22.4 Å². The van der Waals surface area contributed by atoms with E-state index in [0.717, 1.165) is 30.5 Å². The second kappa shape index (κ2) is 6.70. The fourth-order valence-corrected chi connectivity index (χ4v) is 3.63. The van der Waals surface area contributed by atoms with Crippen molar-refractivity contribution in [1.82, 2.24) is 10.0 Å². The minimum atomic E-state index is -3.39. The van der Waals surface area contributed by atoms with E-state index in [0.29, 0.717) is 11.4 Å². The standard InChI is InChI=1S/C13H20N2O2S.ClH/c1-10-5-6-13(11(2)8-10)18(16,17)15-9-12-4-3-7-14-12;/h5-6,8,12,14-15H,3-4,7,9H2,1-2H3;1H. The van der Waals surface area contributed by atoms with E-state index in [1.54, 1.807) is 6.07 Å². The summed E-state index contributed by atoms with van der Waals surface area (Å²) in [5.74, 6) is 0. The maximum Gasteiger partial charge on any atom is 0.240 e. The first kappa shape index (κ1) is 16.4. The quantitative estimate of drug-likeness (QED) is 0.891. The van der Waals surface area contributed by atoms with E-state index in [1.807, 2.05) is 26.0 Å². The van der Waals surface area contributed by atoms with Crippen molar-refractivity contribution in [2.75, 3.05) is 13.1 Å². The van der Waals surface area contributed by atoms with E-state index in [-0.39, 0.29) is 18.4 Å². The minimum Gasteiger partial charge on any atom is -0.313 e. The normalized spacial score (nSPS) is 19.2. The maximum atomic E-state index is 12.2. The van der Waals surface area contributed by atoms with Gasteiger partial charge in [-0.25, -0.2) is 13.1 Å². The Balaban J connectivity index is 0.00000180. The lowest BCUT2D eigenvalue weighted by Gasteiger charge is -2.13. The average molecular weight is 305 g/mol. The number of aryl methyl sites for hydroxylation is 2. The van der Waals surface area contributed by atoms with Crippen LogP contribution in [-0.2, 0) is 10.0 Å². The van der Waals surface area contributed by atoms with E-state index in [1.165, 1.54) is 0 Å². The van der Waals surface area contributed by atoms with E-state index in [4.69, 9.17) is 0 Å². The maximum absolute atomic E-state index is 12.2. The Bertz CT molecular complexity index is 525. The van der Waals surface area contributed by atoms with Crippen LogP contribution in [0.4, 0.5) is 0 Å². The zero-order valence-electron chi connectivity index (χ0n) is 11.3. The van der Waals surface area contributed by atoms with Crippen molar-refractivity contribution in [2.45, 2.75) is 37.6 Å². The summed E-state index contributed by atoms with van der Waals surface area (Å²) in [4.78, 5) is 0.381. The Hall–Kier alpha value is -0.620. The number of nitrogens with one attached hydrogen (secondary N) is 2. The largest absolute Gasteiger partial charge is 0.313 e. The van der Waals surface area contributed by atoms with Crippen molar-refractivity contribution in [3.05, 3.63) is 29.3 Å². The van der Waals surface area contributed by atoms with Gasteiger partial charge in [0, 0.05) is 12.6 Å². The predicted octanol–water partition coefficient (Wildman–Crippen LogP) is 1.76. The van der Waals surface area contributed by atoms with Gasteiger partial charge in [-0.15, -0.1) is 12.4 Å². The van der Waals surface area contributed by atoms with Crippen molar-refractivity contribution < 1.29 is 8.42 Å². The molecule has 0 bridgehead atoms. The summed E-state index contributed by atoms with van der Waals surface area (Å²) in [7, 11) is -3.39. The lowest BCUT2D eigenvalue weighted by Crippen LogP contribution is -2.37.